The van der Waals surface area contributed by atoms with Crippen LogP contribution in [-0.2, 0) is 4.79 Å². The molecule has 0 aromatic carbocycles. The van der Waals surface area contributed by atoms with Crippen LogP contribution in [-0.4, -0.2) is 11.9 Å². The van der Waals surface area contributed by atoms with Gasteiger partial charge in [0.05, 0.1) is 6.04 Å². The maximum Gasteiger partial charge on any atom is 0.220 e. The predicted molar refractivity (Wildman–Crippen MR) is 54.3 cm³/mol. The quantitative estimate of drug-likeness (QED) is 0.656. The van der Waals surface area contributed by atoms with Gasteiger partial charge in [-0.25, -0.2) is 0 Å². The van der Waals surface area contributed by atoms with E-state index in [-0.39, 0.29) is 11.9 Å². The van der Waals surface area contributed by atoms with Crippen molar-refractivity contribution in [3.05, 3.63) is 36.5 Å². The summed E-state index contributed by atoms with van der Waals surface area (Å²) >= 11 is 0. The first-order valence-corrected chi connectivity index (χ1v) is 4.52. The molecule has 2 heteroatoms. The molecule has 1 heterocycles. The molecule has 1 fully saturated rings. The third kappa shape index (κ3) is 2.58. The van der Waals surface area contributed by atoms with Gasteiger partial charge in [-0.2, -0.15) is 0 Å². The highest BCUT2D eigenvalue weighted by molar-refractivity contribution is 5.79. The molecule has 1 N–H and O–H groups in total. The Kier molecular flexibility index (Phi) is 3.50. The normalized spacial score (nSPS) is 23.6. The summed E-state index contributed by atoms with van der Waals surface area (Å²) in [6.45, 7) is 5.69. The van der Waals surface area contributed by atoms with Crippen molar-refractivity contribution in [3.8, 4) is 0 Å². The van der Waals surface area contributed by atoms with Gasteiger partial charge in [0.25, 0.3) is 0 Å². The summed E-state index contributed by atoms with van der Waals surface area (Å²) in [4.78, 5) is 11.0. The lowest BCUT2D eigenvalue weighted by Crippen LogP contribution is -2.26. The summed E-state index contributed by atoms with van der Waals surface area (Å²) in [6.07, 6.45) is 9.22. The number of allylic oxidation sites excluding steroid dienone is 3. The molecule has 1 rings (SSSR count). The maximum atomic E-state index is 11.0. The number of hydrogen-bond acceptors (Lipinski definition) is 1. The van der Waals surface area contributed by atoms with Crippen LogP contribution in [0, 0.1) is 0 Å². The minimum atomic E-state index is 0.137. The summed E-state index contributed by atoms with van der Waals surface area (Å²) in [5, 5.41) is 2.90. The molecule has 1 atom stereocenters. The van der Waals surface area contributed by atoms with Crippen LogP contribution in [0.4, 0.5) is 0 Å². The Morgan fingerprint density at radius 3 is 2.92 bits per heavy atom. The van der Waals surface area contributed by atoms with E-state index in [2.05, 4.69) is 11.9 Å². The van der Waals surface area contributed by atoms with E-state index in [1.165, 1.54) is 0 Å². The smallest absolute Gasteiger partial charge is 0.220 e. The van der Waals surface area contributed by atoms with E-state index >= 15 is 0 Å². The molecule has 0 bridgehead atoms. The Balaban J connectivity index is 2.67. The van der Waals surface area contributed by atoms with Crippen molar-refractivity contribution < 1.29 is 4.79 Å². The van der Waals surface area contributed by atoms with Crippen LogP contribution in [0.1, 0.15) is 19.8 Å². The van der Waals surface area contributed by atoms with Crippen molar-refractivity contribution in [1.82, 2.24) is 5.32 Å². The standard InChI is InChI=1S/C11H15NO/c1-3-5-6-9(4-2)10-7-8-11(13)12-10/h3-6,10H,2,7-8H2,1H3,(H,12,13)/b5-3-,9-6+. The zero-order valence-electron chi connectivity index (χ0n) is 7.92. The Morgan fingerprint density at radius 2 is 2.46 bits per heavy atom. The predicted octanol–water partition coefficient (Wildman–Crippen LogP) is 1.95. The molecule has 70 valence electrons. The van der Waals surface area contributed by atoms with Gasteiger partial charge in [0.15, 0.2) is 0 Å². The first kappa shape index (κ1) is 9.78. The molecule has 1 saturated heterocycles. The van der Waals surface area contributed by atoms with Crippen LogP contribution in [0.5, 0.6) is 0 Å². The fourth-order valence-electron chi connectivity index (χ4n) is 1.40. The van der Waals surface area contributed by atoms with Crippen molar-refractivity contribution in [2.75, 3.05) is 0 Å². The van der Waals surface area contributed by atoms with Crippen LogP contribution in [0.3, 0.4) is 0 Å². The molecule has 0 saturated carbocycles. The molecule has 0 radical (unpaired) electrons. The summed E-state index contributed by atoms with van der Waals surface area (Å²) < 4.78 is 0. The average molecular weight is 177 g/mol. The third-order valence-electron chi connectivity index (χ3n) is 2.11. The van der Waals surface area contributed by atoms with Gasteiger partial charge in [0.1, 0.15) is 0 Å². The molecular formula is C11H15NO. The average Bonchev–Trinajstić information content (AvgIpc) is 2.54. The van der Waals surface area contributed by atoms with Crippen molar-refractivity contribution in [2.45, 2.75) is 25.8 Å². The molecule has 2 nitrogen and oxygen atoms in total. The molecule has 1 unspecified atom stereocenters. The number of carbonyl (C=O) groups is 1. The van der Waals surface area contributed by atoms with Crippen LogP contribution in [0.15, 0.2) is 36.5 Å². The summed E-state index contributed by atoms with van der Waals surface area (Å²) in [6, 6.07) is 0.168. The third-order valence-corrected chi connectivity index (χ3v) is 2.11. The van der Waals surface area contributed by atoms with E-state index in [4.69, 9.17) is 0 Å². The lowest BCUT2D eigenvalue weighted by Gasteiger charge is -2.09. The molecule has 0 aliphatic carbocycles. The van der Waals surface area contributed by atoms with E-state index in [9.17, 15) is 4.79 Å². The number of rotatable bonds is 3. The molecule has 1 aliphatic heterocycles. The van der Waals surface area contributed by atoms with E-state index < -0.39 is 0 Å². The second-order valence-corrected chi connectivity index (χ2v) is 3.06. The summed E-state index contributed by atoms with van der Waals surface area (Å²) in [5.41, 5.74) is 1.09. The van der Waals surface area contributed by atoms with E-state index in [1.807, 2.05) is 25.2 Å². The van der Waals surface area contributed by atoms with Gasteiger partial charge in [0, 0.05) is 6.42 Å². The number of nitrogens with one attached hydrogen (secondary N) is 1. The van der Waals surface area contributed by atoms with Gasteiger partial charge < -0.3 is 5.32 Å². The zero-order chi connectivity index (χ0) is 9.68. The monoisotopic (exact) mass is 177 g/mol. The lowest BCUT2D eigenvalue weighted by atomic mass is 10.1. The Hall–Kier alpha value is -1.31. The number of carbonyl (C=O) groups excluding carboxylic acids is 1. The van der Waals surface area contributed by atoms with Gasteiger partial charge in [-0.15, -0.1) is 0 Å². The fourth-order valence-corrected chi connectivity index (χ4v) is 1.40. The van der Waals surface area contributed by atoms with Gasteiger partial charge in [-0.05, 0) is 18.9 Å². The van der Waals surface area contributed by atoms with Crippen molar-refractivity contribution in [3.63, 3.8) is 0 Å². The Labute approximate surface area is 79.0 Å². The first-order chi connectivity index (χ1) is 6.27. The highest BCUT2D eigenvalue weighted by Gasteiger charge is 2.21. The summed E-state index contributed by atoms with van der Waals surface area (Å²) in [7, 11) is 0. The van der Waals surface area contributed by atoms with Gasteiger partial charge in [-0.3, -0.25) is 4.79 Å². The largest absolute Gasteiger partial charge is 0.349 e. The number of amides is 1. The zero-order valence-corrected chi connectivity index (χ0v) is 7.92. The Morgan fingerprint density at radius 1 is 1.69 bits per heavy atom. The molecule has 13 heavy (non-hydrogen) atoms. The fraction of sp³-hybridized carbons (Fsp3) is 0.364. The van der Waals surface area contributed by atoms with Crippen molar-refractivity contribution in [2.24, 2.45) is 0 Å². The van der Waals surface area contributed by atoms with Crippen LogP contribution >= 0.6 is 0 Å². The highest BCUT2D eigenvalue weighted by atomic mass is 16.1. The van der Waals surface area contributed by atoms with E-state index in [0.29, 0.717) is 6.42 Å². The minimum Gasteiger partial charge on any atom is -0.349 e. The van der Waals surface area contributed by atoms with Crippen LogP contribution < -0.4 is 5.32 Å². The molecule has 0 aromatic heterocycles. The van der Waals surface area contributed by atoms with Crippen LogP contribution in [0.25, 0.3) is 0 Å². The first-order valence-electron chi connectivity index (χ1n) is 4.52. The Bertz CT molecular complexity index is 263. The van der Waals surface area contributed by atoms with Gasteiger partial charge in [-0.1, -0.05) is 30.9 Å². The molecule has 0 aromatic rings. The lowest BCUT2D eigenvalue weighted by molar-refractivity contribution is -0.119. The molecule has 1 amide bonds. The second-order valence-electron chi connectivity index (χ2n) is 3.06. The molecular weight excluding hydrogens is 162 g/mol. The molecule has 1 aliphatic rings. The van der Waals surface area contributed by atoms with Crippen molar-refractivity contribution in [1.29, 1.82) is 0 Å². The van der Waals surface area contributed by atoms with E-state index in [1.54, 1.807) is 6.08 Å². The maximum absolute atomic E-state index is 11.0. The van der Waals surface area contributed by atoms with Gasteiger partial charge in [0.2, 0.25) is 5.91 Å². The highest BCUT2D eigenvalue weighted by Crippen LogP contribution is 2.15. The summed E-state index contributed by atoms with van der Waals surface area (Å²) in [5.74, 6) is 0.137. The number of hydrogen-bond donors (Lipinski definition) is 1. The van der Waals surface area contributed by atoms with E-state index in [0.717, 1.165) is 12.0 Å². The minimum absolute atomic E-state index is 0.137. The SMILES string of the molecule is C=C/C(=C\C=C/C)C1CCC(=O)N1. The van der Waals surface area contributed by atoms with Gasteiger partial charge >= 0.3 is 0 Å². The topological polar surface area (TPSA) is 29.1 Å². The molecule has 0 spiro atoms. The second kappa shape index (κ2) is 4.65. The van der Waals surface area contributed by atoms with Crippen LogP contribution in [0.2, 0.25) is 0 Å². The van der Waals surface area contributed by atoms with Crippen molar-refractivity contribution >= 4 is 5.91 Å².